The van der Waals surface area contributed by atoms with Gasteiger partial charge in [-0.15, -0.1) is 0 Å². The molecule has 50 valence electrons. The van der Waals surface area contributed by atoms with Crippen molar-refractivity contribution in [3.8, 4) is 0 Å². The minimum atomic E-state index is 0.457. The van der Waals surface area contributed by atoms with E-state index in [1.807, 2.05) is 0 Å². The van der Waals surface area contributed by atoms with Crippen LogP contribution in [-0.2, 0) is 4.74 Å². The largest absolute Gasteiger partial charge is 0.367 e. The van der Waals surface area contributed by atoms with Gasteiger partial charge in [0.1, 0.15) is 0 Å². The molecule has 0 aromatic carbocycles. The molecule has 0 radical (unpaired) electrons. The van der Waals surface area contributed by atoms with Gasteiger partial charge in [0.25, 0.3) is 0 Å². The van der Waals surface area contributed by atoms with Gasteiger partial charge in [0.15, 0.2) is 0 Å². The fourth-order valence-electron chi connectivity index (χ4n) is 1.72. The molecule has 0 saturated carbocycles. The lowest BCUT2D eigenvalue weighted by molar-refractivity contribution is -0.00106. The van der Waals surface area contributed by atoms with Gasteiger partial charge in [-0.1, -0.05) is 19.1 Å². The van der Waals surface area contributed by atoms with Crippen LogP contribution in [0.1, 0.15) is 19.8 Å². The van der Waals surface area contributed by atoms with Gasteiger partial charge in [-0.25, -0.2) is 0 Å². The Morgan fingerprint density at radius 1 is 1.22 bits per heavy atom. The van der Waals surface area contributed by atoms with Crippen molar-refractivity contribution in [2.24, 2.45) is 5.92 Å². The van der Waals surface area contributed by atoms with Gasteiger partial charge in [0, 0.05) is 0 Å². The van der Waals surface area contributed by atoms with E-state index in [1.165, 1.54) is 12.8 Å². The molecule has 2 aliphatic heterocycles. The number of hydrogen-bond donors (Lipinski definition) is 0. The lowest BCUT2D eigenvalue weighted by Crippen LogP contribution is -2.23. The quantitative estimate of drug-likeness (QED) is 0.447. The van der Waals surface area contributed by atoms with Gasteiger partial charge in [-0.2, -0.15) is 0 Å². The summed E-state index contributed by atoms with van der Waals surface area (Å²) in [6.07, 6.45) is 7.78. The van der Waals surface area contributed by atoms with Crippen LogP contribution in [-0.4, -0.2) is 12.2 Å². The fourth-order valence-corrected chi connectivity index (χ4v) is 1.72. The molecule has 2 aliphatic rings. The Bertz CT molecular complexity index is 126. The van der Waals surface area contributed by atoms with E-state index in [0.29, 0.717) is 12.2 Å². The van der Waals surface area contributed by atoms with E-state index in [9.17, 15) is 0 Å². The zero-order valence-corrected chi connectivity index (χ0v) is 5.71. The predicted molar refractivity (Wildman–Crippen MR) is 36.2 cm³/mol. The molecule has 0 spiro atoms. The molecule has 0 unspecified atom stereocenters. The molecule has 2 heterocycles. The predicted octanol–water partition coefficient (Wildman–Crippen LogP) is 1.74. The van der Waals surface area contributed by atoms with Crippen LogP contribution in [0.4, 0.5) is 0 Å². The van der Waals surface area contributed by atoms with Crippen molar-refractivity contribution in [2.45, 2.75) is 32.0 Å². The minimum Gasteiger partial charge on any atom is -0.367 e. The average molecular weight is 124 g/mol. The highest BCUT2D eigenvalue weighted by Gasteiger charge is 2.27. The minimum absolute atomic E-state index is 0.457. The first-order valence-electron chi connectivity index (χ1n) is 3.68. The Balaban J connectivity index is 2.10. The van der Waals surface area contributed by atoms with Crippen LogP contribution >= 0.6 is 0 Å². The maximum Gasteiger partial charge on any atom is 0.0767 e. The van der Waals surface area contributed by atoms with E-state index in [1.54, 1.807) is 0 Å². The standard InChI is InChI=1S/C8H12O/c1-6-4-7-2-3-8(5-6)9-7/h2-3,6-8H,4-5H2,1H3/t6-,7+,8-. The Morgan fingerprint density at radius 2 is 1.78 bits per heavy atom. The van der Waals surface area contributed by atoms with Crippen LogP contribution in [0.2, 0.25) is 0 Å². The molecule has 0 aliphatic carbocycles. The van der Waals surface area contributed by atoms with Crippen molar-refractivity contribution in [2.75, 3.05) is 0 Å². The lowest BCUT2D eigenvalue weighted by atomic mass is 9.97. The molecule has 1 heteroatoms. The maximum absolute atomic E-state index is 5.56. The summed E-state index contributed by atoms with van der Waals surface area (Å²) in [6.45, 7) is 2.30. The van der Waals surface area contributed by atoms with Crippen molar-refractivity contribution in [3.63, 3.8) is 0 Å². The van der Waals surface area contributed by atoms with E-state index < -0.39 is 0 Å². The zero-order valence-electron chi connectivity index (χ0n) is 5.71. The van der Waals surface area contributed by atoms with Crippen LogP contribution in [0, 0.1) is 5.92 Å². The molecule has 0 aromatic rings. The van der Waals surface area contributed by atoms with Gasteiger partial charge >= 0.3 is 0 Å². The zero-order chi connectivity index (χ0) is 6.27. The highest BCUT2D eigenvalue weighted by atomic mass is 16.5. The molecule has 9 heavy (non-hydrogen) atoms. The Morgan fingerprint density at radius 3 is 2.33 bits per heavy atom. The molecule has 2 bridgehead atoms. The number of rotatable bonds is 0. The number of hydrogen-bond acceptors (Lipinski definition) is 1. The summed E-state index contributed by atoms with van der Waals surface area (Å²) in [5.74, 6) is 0.865. The van der Waals surface area contributed by atoms with Gasteiger partial charge in [0.2, 0.25) is 0 Å². The van der Waals surface area contributed by atoms with Crippen LogP contribution in [0.15, 0.2) is 12.2 Å². The Hall–Kier alpha value is -0.300. The Labute approximate surface area is 55.7 Å². The maximum atomic E-state index is 5.56. The third-order valence-electron chi connectivity index (χ3n) is 2.16. The first-order valence-corrected chi connectivity index (χ1v) is 3.68. The van der Waals surface area contributed by atoms with E-state index in [4.69, 9.17) is 4.74 Å². The second-order valence-corrected chi connectivity index (χ2v) is 3.17. The summed E-state index contributed by atoms with van der Waals surface area (Å²) >= 11 is 0. The summed E-state index contributed by atoms with van der Waals surface area (Å²) in [5.41, 5.74) is 0. The lowest BCUT2D eigenvalue weighted by Gasteiger charge is -2.25. The Kier molecular flexibility index (Phi) is 1.12. The van der Waals surface area contributed by atoms with Crippen molar-refractivity contribution >= 4 is 0 Å². The average Bonchev–Trinajstić information content (AvgIpc) is 2.11. The molecular formula is C8H12O. The van der Waals surface area contributed by atoms with E-state index in [0.717, 1.165) is 5.92 Å². The first kappa shape index (κ1) is 5.48. The summed E-state index contributed by atoms with van der Waals surface area (Å²) in [7, 11) is 0. The van der Waals surface area contributed by atoms with Crippen LogP contribution in [0.3, 0.4) is 0 Å². The van der Waals surface area contributed by atoms with Crippen molar-refractivity contribution < 1.29 is 4.74 Å². The van der Waals surface area contributed by atoms with E-state index in [-0.39, 0.29) is 0 Å². The summed E-state index contributed by atoms with van der Waals surface area (Å²) in [4.78, 5) is 0. The third-order valence-corrected chi connectivity index (χ3v) is 2.16. The van der Waals surface area contributed by atoms with E-state index >= 15 is 0 Å². The number of fused-ring (bicyclic) bond motifs is 2. The monoisotopic (exact) mass is 124 g/mol. The molecule has 2 rings (SSSR count). The molecule has 0 aromatic heterocycles. The molecule has 3 atom stereocenters. The molecule has 0 N–H and O–H groups in total. The fraction of sp³-hybridized carbons (Fsp3) is 0.750. The number of ether oxygens (including phenoxy) is 1. The second kappa shape index (κ2) is 1.84. The molecule has 1 fully saturated rings. The van der Waals surface area contributed by atoms with Crippen molar-refractivity contribution in [3.05, 3.63) is 12.2 Å². The first-order chi connectivity index (χ1) is 4.34. The molecule has 0 amide bonds. The smallest absolute Gasteiger partial charge is 0.0767 e. The molecular weight excluding hydrogens is 112 g/mol. The van der Waals surface area contributed by atoms with Crippen molar-refractivity contribution in [1.29, 1.82) is 0 Å². The van der Waals surface area contributed by atoms with Gasteiger partial charge in [-0.3, -0.25) is 0 Å². The van der Waals surface area contributed by atoms with Gasteiger partial charge < -0.3 is 4.74 Å². The topological polar surface area (TPSA) is 9.23 Å². The normalized spacial score (nSPS) is 47.9. The second-order valence-electron chi connectivity index (χ2n) is 3.17. The SMILES string of the molecule is C[C@H]1C[C@H]2C=C[C@@H](C1)O2. The van der Waals surface area contributed by atoms with Crippen LogP contribution in [0.25, 0.3) is 0 Å². The van der Waals surface area contributed by atoms with Gasteiger partial charge in [-0.05, 0) is 18.8 Å². The highest BCUT2D eigenvalue weighted by Crippen LogP contribution is 2.30. The highest BCUT2D eigenvalue weighted by molar-refractivity contribution is 5.05. The van der Waals surface area contributed by atoms with Crippen molar-refractivity contribution in [1.82, 2.24) is 0 Å². The van der Waals surface area contributed by atoms with Gasteiger partial charge in [0.05, 0.1) is 12.2 Å². The summed E-state index contributed by atoms with van der Waals surface area (Å²) < 4.78 is 5.56. The van der Waals surface area contributed by atoms with Crippen LogP contribution in [0.5, 0.6) is 0 Å². The van der Waals surface area contributed by atoms with Crippen LogP contribution < -0.4 is 0 Å². The summed E-state index contributed by atoms with van der Waals surface area (Å²) in [5, 5.41) is 0. The van der Waals surface area contributed by atoms with E-state index in [2.05, 4.69) is 19.1 Å². The molecule has 1 nitrogen and oxygen atoms in total. The third kappa shape index (κ3) is 0.897. The summed E-state index contributed by atoms with van der Waals surface area (Å²) in [6, 6.07) is 0. The molecule has 1 saturated heterocycles.